The fraction of sp³-hybridized carbons (Fsp3) is 0.0769. The van der Waals surface area contributed by atoms with Crippen LogP contribution in [0.5, 0.6) is 5.75 Å². The van der Waals surface area contributed by atoms with Crippen molar-refractivity contribution in [2.24, 2.45) is 0 Å². The molecule has 0 aliphatic carbocycles. The van der Waals surface area contributed by atoms with Crippen molar-refractivity contribution in [3.05, 3.63) is 59.7 Å². The Bertz CT molecular complexity index is 694. The molecule has 6 heteroatoms. The molecule has 2 aromatic carbocycles. The normalized spacial score (nSPS) is 11.3. The summed E-state index contributed by atoms with van der Waals surface area (Å²) >= 11 is 0. The third kappa shape index (κ3) is 3.08. The Labute approximate surface area is 109 Å². The number of hydrogen-bond acceptors (Lipinski definition) is 3. The first kappa shape index (κ1) is 13.5. The topological polar surface area (TPSA) is 43.4 Å². The fourth-order valence-corrected chi connectivity index (χ4v) is 2.33. The Kier molecular flexibility index (Phi) is 3.53. The van der Waals surface area contributed by atoms with E-state index in [4.69, 9.17) is 4.18 Å². The lowest BCUT2D eigenvalue weighted by molar-refractivity contribution is 0.472. The highest BCUT2D eigenvalue weighted by atomic mass is 32.2. The fourth-order valence-electron chi connectivity index (χ4n) is 1.41. The molecule has 3 nitrogen and oxygen atoms in total. The third-order valence-electron chi connectivity index (χ3n) is 2.41. The molecule has 0 N–H and O–H groups in total. The SMILES string of the molecule is Cc1ccc(S(=O)(=O)Oc2ccc(F)c(F)c2)cc1. The highest BCUT2D eigenvalue weighted by Crippen LogP contribution is 2.21. The maximum absolute atomic E-state index is 13.0. The summed E-state index contributed by atoms with van der Waals surface area (Å²) in [6.45, 7) is 1.81. The van der Waals surface area contributed by atoms with Crippen LogP contribution in [0.25, 0.3) is 0 Å². The van der Waals surface area contributed by atoms with Gasteiger partial charge in [0.15, 0.2) is 11.6 Å². The molecule has 0 aromatic heterocycles. The van der Waals surface area contributed by atoms with Gasteiger partial charge in [-0.05, 0) is 31.2 Å². The Morgan fingerprint density at radius 2 is 1.58 bits per heavy atom. The van der Waals surface area contributed by atoms with E-state index in [9.17, 15) is 17.2 Å². The first-order valence-corrected chi connectivity index (χ1v) is 6.75. The van der Waals surface area contributed by atoms with Crippen molar-refractivity contribution in [1.82, 2.24) is 0 Å². The largest absolute Gasteiger partial charge is 0.379 e. The van der Waals surface area contributed by atoms with Gasteiger partial charge in [-0.25, -0.2) is 8.78 Å². The first-order valence-electron chi connectivity index (χ1n) is 5.35. The van der Waals surface area contributed by atoms with Gasteiger partial charge >= 0.3 is 10.1 Å². The van der Waals surface area contributed by atoms with Gasteiger partial charge in [0.1, 0.15) is 10.6 Å². The molecular formula is C13H10F2O3S. The van der Waals surface area contributed by atoms with Crippen LogP contribution in [-0.4, -0.2) is 8.42 Å². The lowest BCUT2D eigenvalue weighted by Crippen LogP contribution is -2.10. The average molecular weight is 284 g/mol. The van der Waals surface area contributed by atoms with Crippen LogP contribution in [0.15, 0.2) is 47.4 Å². The van der Waals surface area contributed by atoms with E-state index in [2.05, 4.69) is 0 Å². The van der Waals surface area contributed by atoms with Crippen molar-refractivity contribution < 1.29 is 21.4 Å². The van der Waals surface area contributed by atoms with E-state index in [-0.39, 0.29) is 10.6 Å². The highest BCUT2D eigenvalue weighted by Gasteiger charge is 2.17. The number of rotatable bonds is 3. The van der Waals surface area contributed by atoms with E-state index in [1.54, 1.807) is 12.1 Å². The summed E-state index contributed by atoms with van der Waals surface area (Å²) in [4.78, 5) is -0.0529. The summed E-state index contributed by atoms with van der Waals surface area (Å²) in [5, 5.41) is 0. The molecule has 0 aliphatic rings. The quantitative estimate of drug-likeness (QED) is 0.814. The van der Waals surface area contributed by atoms with Gasteiger partial charge in [0, 0.05) is 6.07 Å². The smallest absolute Gasteiger partial charge is 0.339 e. The van der Waals surface area contributed by atoms with Crippen LogP contribution < -0.4 is 4.18 Å². The average Bonchev–Trinajstić information content (AvgIpc) is 2.34. The van der Waals surface area contributed by atoms with Crippen molar-refractivity contribution >= 4 is 10.1 Å². The summed E-state index contributed by atoms with van der Waals surface area (Å²) < 4.78 is 54.1. The van der Waals surface area contributed by atoms with Gasteiger partial charge in [0.2, 0.25) is 0 Å². The summed E-state index contributed by atoms with van der Waals surface area (Å²) in [5.41, 5.74) is 0.895. The molecule has 0 unspecified atom stereocenters. The van der Waals surface area contributed by atoms with Gasteiger partial charge < -0.3 is 4.18 Å². The van der Waals surface area contributed by atoms with Crippen molar-refractivity contribution in [2.75, 3.05) is 0 Å². The van der Waals surface area contributed by atoms with E-state index >= 15 is 0 Å². The van der Waals surface area contributed by atoms with Gasteiger partial charge in [-0.2, -0.15) is 8.42 Å². The molecule has 0 fully saturated rings. The molecule has 0 atom stereocenters. The van der Waals surface area contributed by atoms with Gasteiger partial charge in [-0.3, -0.25) is 0 Å². The lowest BCUT2D eigenvalue weighted by atomic mass is 10.2. The van der Waals surface area contributed by atoms with Crippen LogP contribution in [0.1, 0.15) is 5.56 Å². The van der Waals surface area contributed by atoms with Crippen molar-refractivity contribution in [1.29, 1.82) is 0 Å². The van der Waals surface area contributed by atoms with Crippen LogP contribution in [0, 0.1) is 18.6 Å². The zero-order chi connectivity index (χ0) is 14.0. The summed E-state index contributed by atoms with van der Waals surface area (Å²) in [6.07, 6.45) is 0. The van der Waals surface area contributed by atoms with Crippen LogP contribution >= 0.6 is 0 Å². The molecule has 0 heterocycles. The molecule has 0 radical (unpaired) electrons. The zero-order valence-corrected chi connectivity index (χ0v) is 10.7. The van der Waals surface area contributed by atoms with E-state index in [1.807, 2.05) is 6.92 Å². The predicted octanol–water partition coefficient (Wildman–Crippen LogP) is 3.04. The molecule has 0 saturated carbocycles. The molecule has 0 saturated heterocycles. The summed E-state index contributed by atoms with van der Waals surface area (Å²) in [5.74, 6) is -2.52. The Balaban J connectivity index is 2.30. The van der Waals surface area contributed by atoms with Crippen LogP contribution in [0.4, 0.5) is 8.78 Å². The molecule has 19 heavy (non-hydrogen) atoms. The third-order valence-corrected chi connectivity index (χ3v) is 3.67. The van der Waals surface area contributed by atoms with Gasteiger partial charge in [-0.15, -0.1) is 0 Å². The van der Waals surface area contributed by atoms with E-state index in [0.29, 0.717) is 6.07 Å². The van der Waals surface area contributed by atoms with Gasteiger partial charge in [0.05, 0.1) is 0 Å². The molecular weight excluding hydrogens is 274 g/mol. The van der Waals surface area contributed by atoms with E-state index in [1.165, 1.54) is 12.1 Å². The van der Waals surface area contributed by atoms with Crippen LogP contribution in [0.2, 0.25) is 0 Å². The molecule has 2 aromatic rings. The molecule has 2 rings (SSSR count). The van der Waals surface area contributed by atoms with E-state index < -0.39 is 21.8 Å². The predicted molar refractivity (Wildman–Crippen MR) is 65.4 cm³/mol. The minimum absolute atomic E-state index is 0.0529. The lowest BCUT2D eigenvalue weighted by Gasteiger charge is -2.07. The maximum Gasteiger partial charge on any atom is 0.339 e. The number of halogens is 2. The second-order valence-corrected chi connectivity index (χ2v) is 5.47. The maximum atomic E-state index is 13.0. The minimum atomic E-state index is -4.05. The number of aryl methyl sites for hydroxylation is 1. The van der Waals surface area contributed by atoms with Crippen molar-refractivity contribution in [3.63, 3.8) is 0 Å². The molecule has 0 bridgehead atoms. The van der Waals surface area contributed by atoms with Gasteiger partial charge in [0.25, 0.3) is 0 Å². The molecule has 100 valence electrons. The van der Waals surface area contributed by atoms with Crippen LogP contribution in [-0.2, 0) is 10.1 Å². The Hall–Kier alpha value is -1.95. The Morgan fingerprint density at radius 3 is 2.16 bits per heavy atom. The van der Waals surface area contributed by atoms with Crippen molar-refractivity contribution in [2.45, 2.75) is 11.8 Å². The highest BCUT2D eigenvalue weighted by molar-refractivity contribution is 7.87. The summed E-state index contributed by atoms with van der Waals surface area (Å²) in [7, 11) is -4.05. The van der Waals surface area contributed by atoms with Crippen LogP contribution in [0.3, 0.4) is 0 Å². The number of hydrogen-bond donors (Lipinski definition) is 0. The minimum Gasteiger partial charge on any atom is -0.379 e. The molecule has 0 aliphatic heterocycles. The molecule has 0 spiro atoms. The van der Waals surface area contributed by atoms with Crippen molar-refractivity contribution in [3.8, 4) is 5.75 Å². The Morgan fingerprint density at radius 1 is 0.947 bits per heavy atom. The van der Waals surface area contributed by atoms with E-state index in [0.717, 1.165) is 17.7 Å². The summed E-state index contributed by atoms with van der Waals surface area (Å²) in [6, 6.07) is 8.51. The first-order chi connectivity index (χ1) is 8.88. The van der Waals surface area contributed by atoms with Gasteiger partial charge in [-0.1, -0.05) is 17.7 Å². The molecule has 0 amide bonds. The zero-order valence-electron chi connectivity index (χ0n) is 9.93. The number of benzene rings is 2. The second-order valence-electron chi connectivity index (χ2n) is 3.93. The second kappa shape index (κ2) is 4.97. The monoisotopic (exact) mass is 284 g/mol. The standard InChI is InChI=1S/C13H10F2O3S/c1-9-2-5-11(6-3-9)19(16,17)18-10-4-7-12(14)13(15)8-10/h2-8H,1H3.